The number of carbonyl (C=O) groups is 2. The zero-order valence-electron chi connectivity index (χ0n) is 15.5. The van der Waals surface area contributed by atoms with Crippen LogP contribution in [0.4, 0.5) is 0 Å². The molecule has 28 heavy (non-hydrogen) atoms. The number of nitrogens with one attached hydrogen (secondary N) is 1. The lowest BCUT2D eigenvalue weighted by Crippen LogP contribution is -2.49. The van der Waals surface area contributed by atoms with Crippen molar-refractivity contribution in [1.29, 1.82) is 0 Å². The van der Waals surface area contributed by atoms with Crippen molar-refractivity contribution in [2.45, 2.75) is 26.4 Å². The molecular weight excluding hydrogens is 467 g/mol. The molecule has 5 nitrogen and oxygen atoms in total. The molecule has 2 aromatic carbocycles. The van der Waals surface area contributed by atoms with E-state index in [1.807, 2.05) is 13.0 Å². The Hall–Kier alpha value is -1.76. The van der Waals surface area contributed by atoms with Gasteiger partial charge in [-0.25, -0.2) is 0 Å². The SMILES string of the molecule is CCNC(=O)[C@H](C)N(Cc1cccc(Cl)c1)C(=O)COc1ccc(Br)cc1Cl. The predicted octanol–water partition coefficient (Wildman–Crippen LogP) is 4.69. The number of carbonyl (C=O) groups excluding carboxylic acids is 2. The first-order valence-electron chi connectivity index (χ1n) is 8.71. The van der Waals surface area contributed by atoms with Crippen molar-refractivity contribution in [3.05, 3.63) is 62.5 Å². The molecule has 2 amide bonds. The highest BCUT2D eigenvalue weighted by Gasteiger charge is 2.26. The number of amides is 2. The van der Waals surface area contributed by atoms with E-state index in [1.54, 1.807) is 43.3 Å². The number of rotatable bonds is 8. The fraction of sp³-hybridized carbons (Fsp3) is 0.300. The van der Waals surface area contributed by atoms with Crippen LogP contribution < -0.4 is 10.1 Å². The van der Waals surface area contributed by atoms with Crippen LogP contribution in [0.25, 0.3) is 0 Å². The second-order valence-corrected chi connectivity index (χ2v) is 7.84. The number of halogens is 3. The highest BCUT2D eigenvalue weighted by atomic mass is 79.9. The zero-order valence-corrected chi connectivity index (χ0v) is 18.6. The molecule has 0 spiro atoms. The minimum Gasteiger partial charge on any atom is -0.482 e. The molecule has 0 radical (unpaired) electrons. The van der Waals surface area contributed by atoms with Crippen LogP contribution in [0.2, 0.25) is 10.0 Å². The molecule has 0 aliphatic rings. The Balaban J connectivity index is 2.16. The van der Waals surface area contributed by atoms with E-state index in [0.29, 0.717) is 22.3 Å². The van der Waals surface area contributed by atoms with E-state index >= 15 is 0 Å². The minimum atomic E-state index is -0.671. The van der Waals surface area contributed by atoms with Crippen LogP contribution in [0, 0.1) is 0 Å². The Bertz CT molecular complexity index is 848. The van der Waals surface area contributed by atoms with Gasteiger partial charge in [0.2, 0.25) is 5.91 Å². The maximum Gasteiger partial charge on any atom is 0.261 e. The molecule has 1 N–H and O–H groups in total. The largest absolute Gasteiger partial charge is 0.482 e. The van der Waals surface area contributed by atoms with Gasteiger partial charge in [-0.2, -0.15) is 0 Å². The highest BCUT2D eigenvalue weighted by Crippen LogP contribution is 2.27. The van der Waals surface area contributed by atoms with Gasteiger partial charge in [0.15, 0.2) is 6.61 Å². The fourth-order valence-electron chi connectivity index (χ4n) is 2.55. The molecule has 0 heterocycles. The molecule has 0 bridgehead atoms. The van der Waals surface area contributed by atoms with Gasteiger partial charge in [-0.1, -0.05) is 51.3 Å². The normalized spacial score (nSPS) is 11.6. The molecule has 0 saturated heterocycles. The monoisotopic (exact) mass is 486 g/mol. The number of hydrogen-bond donors (Lipinski definition) is 1. The van der Waals surface area contributed by atoms with Crippen LogP contribution in [-0.4, -0.2) is 35.9 Å². The number of likely N-dealkylation sites (N-methyl/N-ethyl adjacent to an activating group) is 1. The van der Waals surface area contributed by atoms with Gasteiger partial charge >= 0.3 is 0 Å². The predicted molar refractivity (Wildman–Crippen MR) is 115 cm³/mol. The molecule has 0 fully saturated rings. The Morgan fingerprint density at radius 3 is 2.61 bits per heavy atom. The molecule has 0 saturated carbocycles. The molecule has 2 aromatic rings. The molecule has 0 aliphatic heterocycles. The summed E-state index contributed by atoms with van der Waals surface area (Å²) in [4.78, 5) is 26.6. The maximum absolute atomic E-state index is 12.9. The molecule has 1 atom stereocenters. The lowest BCUT2D eigenvalue weighted by atomic mass is 10.1. The van der Waals surface area contributed by atoms with Crippen molar-refractivity contribution in [3.8, 4) is 5.75 Å². The Labute approximate surface area is 183 Å². The van der Waals surface area contributed by atoms with Gasteiger partial charge in [0, 0.05) is 22.6 Å². The van der Waals surface area contributed by atoms with Crippen molar-refractivity contribution < 1.29 is 14.3 Å². The third kappa shape index (κ3) is 6.40. The molecular formula is C20H21BrCl2N2O3. The first kappa shape index (κ1) is 22.5. The van der Waals surface area contributed by atoms with Crippen LogP contribution >= 0.6 is 39.1 Å². The Kier molecular flexibility index (Phi) is 8.60. The van der Waals surface area contributed by atoms with E-state index in [1.165, 1.54) is 4.90 Å². The smallest absolute Gasteiger partial charge is 0.261 e. The van der Waals surface area contributed by atoms with Crippen LogP contribution in [-0.2, 0) is 16.1 Å². The summed E-state index contributed by atoms with van der Waals surface area (Å²) in [6.07, 6.45) is 0. The van der Waals surface area contributed by atoms with Crippen LogP contribution in [0.5, 0.6) is 5.75 Å². The second kappa shape index (κ2) is 10.7. The average molecular weight is 488 g/mol. The second-order valence-electron chi connectivity index (χ2n) is 6.09. The van der Waals surface area contributed by atoms with Gasteiger partial charge in [-0.05, 0) is 49.7 Å². The summed E-state index contributed by atoms with van der Waals surface area (Å²) in [5.74, 6) is -0.177. The lowest BCUT2D eigenvalue weighted by Gasteiger charge is -2.28. The number of benzene rings is 2. The van der Waals surface area contributed by atoms with Crippen molar-refractivity contribution in [2.75, 3.05) is 13.2 Å². The summed E-state index contributed by atoms with van der Waals surface area (Å²) < 4.78 is 6.39. The molecule has 0 aliphatic carbocycles. The van der Waals surface area contributed by atoms with Gasteiger partial charge in [0.1, 0.15) is 11.8 Å². The molecule has 150 valence electrons. The first-order chi connectivity index (χ1) is 13.3. The van der Waals surface area contributed by atoms with Crippen LogP contribution in [0.15, 0.2) is 46.9 Å². The number of nitrogens with zero attached hydrogens (tertiary/aromatic N) is 1. The molecule has 0 aromatic heterocycles. The van der Waals surface area contributed by atoms with E-state index < -0.39 is 6.04 Å². The summed E-state index contributed by atoms with van der Waals surface area (Å²) in [5.41, 5.74) is 0.818. The number of ether oxygens (including phenoxy) is 1. The standard InChI is InChI=1S/C20H21BrCl2N2O3/c1-3-24-20(27)13(2)25(11-14-5-4-6-16(22)9-14)19(26)12-28-18-8-7-15(21)10-17(18)23/h4-10,13H,3,11-12H2,1-2H3,(H,24,27)/t13-/m0/s1. The lowest BCUT2D eigenvalue weighted by molar-refractivity contribution is -0.142. The van der Waals surface area contributed by atoms with E-state index in [4.69, 9.17) is 27.9 Å². The first-order valence-corrected chi connectivity index (χ1v) is 10.3. The Morgan fingerprint density at radius 1 is 1.21 bits per heavy atom. The van der Waals surface area contributed by atoms with Crippen molar-refractivity contribution in [1.82, 2.24) is 10.2 Å². The van der Waals surface area contributed by atoms with Crippen molar-refractivity contribution in [2.24, 2.45) is 0 Å². The van der Waals surface area contributed by atoms with Crippen molar-refractivity contribution >= 4 is 50.9 Å². The maximum atomic E-state index is 12.9. The van der Waals surface area contributed by atoms with Gasteiger partial charge in [0.25, 0.3) is 5.91 Å². The van der Waals surface area contributed by atoms with Gasteiger partial charge in [-0.15, -0.1) is 0 Å². The molecule has 2 rings (SSSR count). The van der Waals surface area contributed by atoms with Crippen LogP contribution in [0.1, 0.15) is 19.4 Å². The number of hydrogen-bond acceptors (Lipinski definition) is 3. The van der Waals surface area contributed by atoms with E-state index in [-0.39, 0.29) is 25.0 Å². The minimum absolute atomic E-state index is 0.231. The fourth-order valence-corrected chi connectivity index (χ4v) is 3.49. The Morgan fingerprint density at radius 2 is 1.96 bits per heavy atom. The molecule has 8 heteroatoms. The van der Waals surface area contributed by atoms with E-state index in [2.05, 4.69) is 21.2 Å². The summed E-state index contributed by atoms with van der Waals surface area (Å²) in [6, 6.07) is 11.6. The third-order valence-electron chi connectivity index (χ3n) is 4.01. The summed E-state index contributed by atoms with van der Waals surface area (Å²) in [6.45, 7) is 3.97. The van der Waals surface area contributed by atoms with E-state index in [0.717, 1.165) is 10.0 Å². The average Bonchev–Trinajstić information content (AvgIpc) is 2.65. The summed E-state index contributed by atoms with van der Waals surface area (Å²) in [5, 5.41) is 3.69. The summed E-state index contributed by atoms with van der Waals surface area (Å²) >= 11 is 15.5. The van der Waals surface area contributed by atoms with Gasteiger partial charge in [-0.3, -0.25) is 9.59 Å². The van der Waals surface area contributed by atoms with Crippen LogP contribution in [0.3, 0.4) is 0 Å². The van der Waals surface area contributed by atoms with Gasteiger partial charge in [0.05, 0.1) is 5.02 Å². The van der Waals surface area contributed by atoms with Gasteiger partial charge < -0.3 is 15.0 Å². The highest BCUT2D eigenvalue weighted by molar-refractivity contribution is 9.10. The topological polar surface area (TPSA) is 58.6 Å². The van der Waals surface area contributed by atoms with Crippen molar-refractivity contribution in [3.63, 3.8) is 0 Å². The third-order valence-corrected chi connectivity index (χ3v) is 5.03. The van der Waals surface area contributed by atoms with E-state index in [9.17, 15) is 9.59 Å². The zero-order chi connectivity index (χ0) is 20.7. The quantitative estimate of drug-likeness (QED) is 0.587. The molecule has 0 unspecified atom stereocenters. The summed E-state index contributed by atoms with van der Waals surface area (Å²) in [7, 11) is 0.